The molecule has 6 heteroatoms. The van der Waals surface area contributed by atoms with Crippen LogP contribution in [0.4, 0.5) is 5.82 Å². The number of hydrazine groups is 1. The molecule has 0 saturated carbocycles. The summed E-state index contributed by atoms with van der Waals surface area (Å²) >= 11 is 7.12. The summed E-state index contributed by atoms with van der Waals surface area (Å²) < 4.78 is 0. The van der Waals surface area contributed by atoms with E-state index in [1.54, 1.807) is 11.8 Å². The number of benzene rings is 2. The van der Waals surface area contributed by atoms with Gasteiger partial charge in [0.25, 0.3) is 0 Å². The molecule has 0 saturated heterocycles. The number of hydrogen-bond acceptors (Lipinski definition) is 4. The Hall–Kier alpha value is -2.31. The smallest absolute Gasteiger partial charge is 0.185 e. The predicted octanol–water partition coefficient (Wildman–Crippen LogP) is 4.43. The van der Waals surface area contributed by atoms with Gasteiger partial charge >= 0.3 is 0 Å². The van der Waals surface area contributed by atoms with Gasteiger partial charge in [0, 0.05) is 22.6 Å². The van der Waals surface area contributed by atoms with Crippen molar-refractivity contribution >= 4 is 45.8 Å². The third kappa shape index (κ3) is 4.86. The normalized spacial score (nSPS) is 10.5. The average Bonchev–Trinajstić information content (AvgIpc) is 2.65. The Morgan fingerprint density at radius 3 is 2.65 bits per heavy atom. The van der Waals surface area contributed by atoms with Gasteiger partial charge in [0.15, 0.2) is 5.11 Å². The van der Waals surface area contributed by atoms with Gasteiger partial charge in [-0.1, -0.05) is 36.4 Å². The SMILES string of the molecule is Cc1cc(NNC(=S)NCCSc2ccccc2)nc2c(C)cccc12. The van der Waals surface area contributed by atoms with Crippen molar-refractivity contribution in [3.63, 3.8) is 0 Å². The minimum absolute atomic E-state index is 0.558. The summed E-state index contributed by atoms with van der Waals surface area (Å²) in [6.07, 6.45) is 0. The summed E-state index contributed by atoms with van der Waals surface area (Å²) in [6, 6.07) is 18.6. The highest BCUT2D eigenvalue weighted by molar-refractivity contribution is 7.99. The van der Waals surface area contributed by atoms with Gasteiger partial charge in [-0.3, -0.25) is 10.9 Å². The molecule has 0 aliphatic heterocycles. The summed E-state index contributed by atoms with van der Waals surface area (Å²) in [5.41, 5.74) is 9.45. The van der Waals surface area contributed by atoms with Gasteiger partial charge in [0.1, 0.15) is 5.82 Å². The number of rotatable bonds is 6. The molecule has 4 nitrogen and oxygen atoms in total. The molecule has 0 bridgehead atoms. The number of anilines is 1. The molecule has 134 valence electrons. The Balaban J connectivity index is 1.48. The van der Waals surface area contributed by atoms with E-state index in [1.165, 1.54) is 15.8 Å². The highest BCUT2D eigenvalue weighted by atomic mass is 32.2. The minimum Gasteiger partial charge on any atom is -0.361 e. The van der Waals surface area contributed by atoms with Crippen LogP contribution in [0.3, 0.4) is 0 Å². The third-order valence-corrected chi connectivity index (χ3v) is 5.21. The van der Waals surface area contributed by atoms with Gasteiger partial charge in [-0.2, -0.15) is 0 Å². The number of para-hydroxylation sites is 1. The second-order valence-electron chi connectivity index (χ2n) is 5.96. The molecule has 1 heterocycles. The lowest BCUT2D eigenvalue weighted by Gasteiger charge is -2.13. The number of aromatic nitrogens is 1. The van der Waals surface area contributed by atoms with E-state index < -0.39 is 0 Å². The fourth-order valence-electron chi connectivity index (χ4n) is 2.64. The lowest BCUT2D eigenvalue weighted by Crippen LogP contribution is -2.39. The largest absolute Gasteiger partial charge is 0.361 e. The number of aryl methyl sites for hydroxylation is 2. The van der Waals surface area contributed by atoms with Gasteiger partial charge < -0.3 is 5.32 Å². The topological polar surface area (TPSA) is 49.0 Å². The molecular weight excluding hydrogens is 360 g/mol. The highest BCUT2D eigenvalue weighted by Gasteiger charge is 2.05. The standard InChI is InChI=1S/C20H22N4S2/c1-14-7-6-10-17-15(2)13-18(22-19(14)17)23-24-20(25)21-11-12-26-16-8-4-3-5-9-16/h3-10,13H,11-12H2,1-2H3,(H,22,23)(H2,21,24,25). The summed E-state index contributed by atoms with van der Waals surface area (Å²) in [4.78, 5) is 5.94. The monoisotopic (exact) mass is 382 g/mol. The molecule has 0 spiro atoms. The number of hydrogen-bond donors (Lipinski definition) is 3. The van der Waals surface area contributed by atoms with Crippen LogP contribution in [-0.4, -0.2) is 22.4 Å². The zero-order chi connectivity index (χ0) is 18.4. The number of nitrogens with zero attached hydrogens (tertiary/aromatic N) is 1. The Bertz CT molecular complexity index is 897. The van der Waals surface area contributed by atoms with Crippen molar-refractivity contribution in [3.8, 4) is 0 Å². The summed E-state index contributed by atoms with van der Waals surface area (Å²) in [5.74, 6) is 1.70. The summed E-state index contributed by atoms with van der Waals surface area (Å²) in [5, 5.41) is 4.93. The zero-order valence-electron chi connectivity index (χ0n) is 14.9. The van der Waals surface area contributed by atoms with E-state index in [0.717, 1.165) is 29.2 Å². The molecule has 3 N–H and O–H groups in total. The van der Waals surface area contributed by atoms with Crippen molar-refractivity contribution in [2.45, 2.75) is 18.7 Å². The van der Waals surface area contributed by atoms with Gasteiger partial charge in [-0.25, -0.2) is 4.98 Å². The molecule has 0 radical (unpaired) electrons. The van der Waals surface area contributed by atoms with Crippen molar-refractivity contribution < 1.29 is 0 Å². The molecule has 3 aromatic rings. The first-order chi connectivity index (χ1) is 12.6. The molecule has 0 amide bonds. The zero-order valence-corrected chi connectivity index (χ0v) is 16.5. The summed E-state index contributed by atoms with van der Waals surface area (Å²) in [6.45, 7) is 4.95. The van der Waals surface area contributed by atoms with Crippen LogP contribution in [-0.2, 0) is 0 Å². The number of nitrogens with one attached hydrogen (secondary N) is 3. The maximum Gasteiger partial charge on any atom is 0.185 e. The van der Waals surface area contributed by atoms with Crippen molar-refractivity contribution in [3.05, 3.63) is 65.7 Å². The first kappa shape index (κ1) is 18.5. The lowest BCUT2D eigenvalue weighted by atomic mass is 10.1. The van der Waals surface area contributed by atoms with Crippen molar-refractivity contribution in [1.82, 2.24) is 15.7 Å². The molecule has 2 aromatic carbocycles. The predicted molar refractivity (Wildman–Crippen MR) is 116 cm³/mol. The Morgan fingerprint density at radius 2 is 1.85 bits per heavy atom. The van der Waals surface area contributed by atoms with Crippen molar-refractivity contribution in [1.29, 1.82) is 0 Å². The van der Waals surface area contributed by atoms with Crippen LogP contribution >= 0.6 is 24.0 Å². The fraction of sp³-hybridized carbons (Fsp3) is 0.200. The van der Waals surface area contributed by atoms with Crippen molar-refractivity contribution in [2.75, 3.05) is 17.7 Å². The molecule has 0 atom stereocenters. The maximum absolute atomic E-state index is 5.32. The van der Waals surface area contributed by atoms with E-state index in [9.17, 15) is 0 Å². The van der Waals surface area contributed by atoms with Crippen LogP contribution in [0.1, 0.15) is 11.1 Å². The maximum atomic E-state index is 5.32. The van der Waals surface area contributed by atoms with E-state index >= 15 is 0 Å². The molecule has 3 rings (SSSR count). The summed E-state index contributed by atoms with van der Waals surface area (Å²) in [7, 11) is 0. The molecule has 0 fully saturated rings. The van der Waals surface area contributed by atoms with Crippen LogP contribution in [0.25, 0.3) is 10.9 Å². The second-order valence-corrected chi connectivity index (χ2v) is 7.54. The lowest BCUT2D eigenvalue weighted by molar-refractivity contribution is 0.932. The van der Waals surface area contributed by atoms with E-state index in [4.69, 9.17) is 12.2 Å². The van der Waals surface area contributed by atoms with Gasteiger partial charge in [-0.15, -0.1) is 11.8 Å². The molecule has 1 aromatic heterocycles. The highest BCUT2D eigenvalue weighted by Crippen LogP contribution is 2.22. The fourth-order valence-corrected chi connectivity index (χ4v) is 3.58. The van der Waals surface area contributed by atoms with Gasteiger partial charge in [0.05, 0.1) is 5.52 Å². The molecular formula is C20H22N4S2. The Kier molecular flexibility index (Phi) is 6.30. The first-order valence-corrected chi connectivity index (χ1v) is 9.87. The van der Waals surface area contributed by atoms with Crippen LogP contribution < -0.4 is 16.2 Å². The third-order valence-electron chi connectivity index (χ3n) is 3.95. The number of pyridine rings is 1. The van der Waals surface area contributed by atoms with E-state index in [1.807, 2.05) is 24.3 Å². The molecule has 0 aliphatic rings. The quantitative estimate of drug-likeness (QED) is 0.254. The van der Waals surface area contributed by atoms with Crippen LogP contribution in [0.15, 0.2) is 59.5 Å². The van der Waals surface area contributed by atoms with Crippen molar-refractivity contribution in [2.24, 2.45) is 0 Å². The minimum atomic E-state index is 0.558. The van der Waals surface area contributed by atoms with E-state index in [2.05, 4.69) is 65.3 Å². The number of thiocarbonyl (C=S) groups is 1. The van der Waals surface area contributed by atoms with Gasteiger partial charge in [-0.05, 0) is 55.4 Å². The number of thioether (sulfide) groups is 1. The Labute approximate surface area is 163 Å². The number of fused-ring (bicyclic) bond motifs is 1. The average molecular weight is 383 g/mol. The van der Waals surface area contributed by atoms with Gasteiger partial charge in [0.2, 0.25) is 0 Å². The van der Waals surface area contributed by atoms with E-state index in [-0.39, 0.29) is 0 Å². The molecule has 26 heavy (non-hydrogen) atoms. The van der Waals surface area contributed by atoms with Crippen LogP contribution in [0.2, 0.25) is 0 Å². The molecule has 0 aliphatic carbocycles. The first-order valence-electron chi connectivity index (χ1n) is 8.48. The Morgan fingerprint density at radius 1 is 1.04 bits per heavy atom. The van der Waals surface area contributed by atoms with Crippen LogP contribution in [0, 0.1) is 13.8 Å². The van der Waals surface area contributed by atoms with E-state index in [0.29, 0.717) is 5.11 Å². The van der Waals surface area contributed by atoms with Crippen LogP contribution in [0.5, 0.6) is 0 Å². The second kappa shape index (κ2) is 8.87. The molecule has 0 unspecified atom stereocenters.